The van der Waals surface area contributed by atoms with Crippen LogP contribution in [0.25, 0.3) is 0 Å². The summed E-state index contributed by atoms with van der Waals surface area (Å²) in [5, 5.41) is 8.95. The fourth-order valence-corrected chi connectivity index (χ4v) is 1.37. The van der Waals surface area contributed by atoms with Gasteiger partial charge in [0, 0.05) is 12.5 Å². The van der Waals surface area contributed by atoms with E-state index >= 15 is 0 Å². The zero-order chi connectivity index (χ0) is 10.0. The van der Waals surface area contributed by atoms with Crippen LogP contribution in [-0.2, 0) is 0 Å². The number of halogens is 1. The minimum Gasteiger partial charge on any atom is -0.396 e. The predicted molar refractivity (Wildman–Crippen MR) is 51.4 cm³/mol. The highest BCUT2D eigenvalue weighted by molar-refractivity contribution is 5.32. The third kappa shape index (κ3) is 2.07. The summed E-state index contributed by atoms with van der Waals surface area (Å²) in [5.41, 5.74) is 2.30. The highest BCUT2D eigenvalue weighted by Gasteiger charge is 2.08. The van der Waals surface area contributed by atoms with Gasteiger partial charge in [-0.2, -0.15) is 0 Å². The normalized spacial score (nSPS) is 13.0. The molecule has 72 valence electrons. The van der Waals surface area contributed by atoms with E-state index in [0.29, 0.717) is 11.1 Å². The Hall–Kier alpha value is -0.890. The summed E-state index contributed by atoms with van der Waals surface area (Å²) in [6, 6.07) is 3.59. The van der Waals surface area contributed by atoms with Crippen molar-refractivity contribution in [1.82, 2.24) is 0 Å². The van der Waals surface area contributed by atoms with Gasteiger partial charge in [0.15, 0.2) is 0 Å². The minimum atomic E-state index is -0.145. The van der Waals surface area contributed by atoms with Gasteiger partial charge in [-0.05, 0) is 30.5 Å². The molecule has 0 spiro atoms. The molecule has 0 saturated heterocycles. The molecule has 0 radical (unpaired) electrons. The topological polar surface area (TPSA) is 20.2 Å². The van der Waals surface area contributed by atoms with Gasteiger partial charge in [-0.15, -0.1) is 0 Å². The monoisotopic (exact) mass is 182 g/mol. The molecule has 0 aromatic heterocycles. The van der Waals surface area contributed by atoms with Gasteiger partial charge in [-0.1, -0.05) is 19.1 Å². The second-order valence-corrected chi connectivity index (χ2v) is 3.55. The summed E-state index contributed by atoms with van der Waals surface area (Å²) in [4.78, 5) is 0. The smallest absolute Gasteiger partial charge is 0.129 e. The summed E-state index contributed by atoms with van der Waals surface area (Å²) < 4.78 is 13.2. The van der Waals surface area contributed by atoms with Crippen molar-refractivity contribution in [3.05, 3.63) is 34.6 Å². The highest BCUT2D eigenvalue weighted by Crippen LogP contribution is 2.20. The molecule has 2 heteroatoms. The summed E-state index contributed by atoms with van der Waals surface area (Å²) >= 11 is 0. The number of rotatable bonds is 2. The fourth-order valence-electron chi connectivity index (χ4n) is 1.37. The van der Waals surface area contributed by atoms with Crippen LogP contribution >= 0.6 is 0 Å². The van der Waals surface area contributed by atoms with E-state index in [0.717, 1.165) is 5.56 Å². The zero-order valence-electron chi connectivity index (χ0n) is 8.26. The Labute approximate surface area is 78.2 Å². The van der Waals surface area contributed by atoms with Crippen LogP contribution in [0.3, 0.4) is 0 Å². The summed E-state index contributed by atoms with van der Waals surface area (Å²) in [5.74, 6) is -0.0631. The van der Waals surface area contributed by atoms with E-state index in [4.69, 9.17) is 5.11 Å². The van der Waals surface area contributed by atoms with Crippen LogP contribution < -0.4 is 0 Å². The first-order valence-corrected chi connectivity index (χ1v) is 4.43. The van der Waals surface area contributed by atoms with E-state index in [1.54, 1.807) is 26.0 Å². The molecule has 13 heavy (non-hydrogen) atoms. The molecule has 0 amide bonds. The average molecular weight is 182 g/mol. The molecule has 0 saturated carbocycles. The zero-order valence-corrected chi connectivity index (χ0v) is 8.26. The lowest BCUT2D eigenvalue weighted by atomic mass is 9.97. The van der Waals surface area contributed by atoms with Gasteiger partial charge in [-0.25, -0.2) is 4.39 Å². The molecular formula is C11H15FO. The maximum atomic E-state index is 13.2. The lowest BCUT2D eigenvalue weighted by Gasteiger charge is -2.11. The Morgan fingerprint density at radius 2 is 1.77 bits per heavy atom. The van der Waals surface area contributed by atoms with Crippen molar-refractivity contribution in [2.45, 2.75) is 26.7 Å². The average Bonchev–Trinajstić information content (AvgIpc) is 2.12. The molecule has 0 aliphatic heterocycles. The molecule has 0 aliphatic carbocycles. The van der Waals surface area contributed by atoms with Crippen molar-refractivity contribution in [2.24, 2.45) is 0 Å². The van der Waals surface area contributed by atoms with Crippen LogP contribution in [0.15, 0.2) is 12.1 Å². The number of benzene rings is 1. The third-order valence-corrected chi connectivity index (χ3v) is 2.30. The lowest BCUT2D eigenvalue weighted by Crippen LogP contribution is -2.01. The number of hydrogen-bond donors (Lipinski definition) is 1. The van der Waals surface area contributed by atoms with E-state index in [9.17, 15) is 4.39 Å². The molecule has 0 bridgehead atoms. The quantitative estimate of drug-likeness (QED) is 0.745. The summed E-state index contributed by atoms with van der Waals surface area (Å²) in [6.07, 6.45) is 0. The van der Waals surface area contributed by atoms with Crippen LogP contribution in [0.5, 0.6) is 0 Å². The summed E-state index contributed by atoms with van der Waals surface area (Å²) in [7, 11) is 0. The van der Waals surface area contributed by atoms with Crippen molar-refractivity contribution in [1.29, 1.82) is 0 Å². The van der Waals surface area contributed by atoms with Crippen LogP contribution in [-0.4, -0.2) is 11.7 Å². The molecule has 1 atom stereocenters. The van der Waals surface area contributed by atoms with Gasteiger partial charge in [0.05, 0.1) is 0 Å². The first-order chi connectivity index (χ1) is 6.06. The first kappa shape index (κ1) is 10.2. The molecule has 0 fully saturated rings. The van der Waals surface area contributed by atoms with Crippen molar-refractivity contribution < 1.29 is 9.50 Å². The molecule has 1 unspecified atom stereocenters. The number of aliphatic hydroxyl groups excluding tert-OH is 1. The van der Waals surface area contributed by atoms with Crippen molar-refractivity contribution in [3.63, 3.8) is 0 Å². The molecule has 0 heterocycles. The van der Waals surface area contributed by atoms with E-state index in [2.05, 4.69) is 0 Å². The van der Waals surface area contributed by atoms with Crippen molar-refractivity contribution in [2.75, 3.05) is 6.61 Å². The SMILES string of the molecule is Cc1cc(C(C)CO)cc(C)c1F. The highest BCUT2D eigenvalue weighted by atomic mass is 19.1. The summed E-state index contributed by atoms with van der Waals surface area (Å²) in [6.45, 7) is 5.52. The molecule has 1 N–H and O–H groups in total. The van der Waals surface area contributed by atoms with Gasteiger partial charge in [0.1, 0.15) is 5.82 Å². The van der Waals surface area contributed by atoms with Crippen molar-refractivity contribution in [3.8, 4) is 0 Å². The fraction of sp³-hybridized carbons (Fsp3) is 0.455. The minimum absolute atomic E-state index is 0.0815. The maximum Gasteiger partial charge on any atom is 0.129 e. The van der Waals surface area contributed by atoms with E-state index in [1.807, 2.05) is 6.92 Å². The van der Waals surface area contributed by atoms with Gasteiger partial charge >= 0.3 is 0 Å². The maximum absolute atomic E-state index is 13.2. The van der Waals surface area contributed by atoms with Crippen LogP contribution in [0.2, 0.25) is 0 Å². The van der Waals surface area contributed by atoms with Gasteiger partial charge in [0.25, 0.3) is 0 Å². The van der Waals surface area contributed by atoms with E-state index in [-0.39, 0.29) is 18.3 Å². The Morgan fingerprint density at radius 3 is 2.15 bits per heavy atom. The van der Waals surface area contributed by atoms with E-state index < -0.39 is 0 Å². The van der Waals surface area contributed by atoms with Crippen LogP contribution in [0, 0.1) is 19.7 Å². The second-order valence-electron chi connectivity index (χ2n) is 3.55. The predicted octanol–water partition coefficient (Wildman–Crippen LogP) is 2.54. The Balaban J connectivity index is 3.13. The number of aryl methyl sites for hydroxylation is 2. The molecule has 0 aliphatic rings. The molecule has 1 aromatic carbocycles. The van der Waals surface area contributed by atoms with Crippen molar-refractivity contribution >= 4 is 0 Å². The second kappa shape index (κ2) is 3.88. The molecule has 1 aromatic rings. The largest absolute Gasteiger partial charge is 0.396 e. The van der Waals surface area contributed by atoms with E-state index in [1.165, 1.54) is 0 Å². The van der Waals surface area contributed by atoms with Gasteiger partial charge in [0.2, 0.25) is 0 Å². The van der Waals surface area contributed by atoms with Gasteiger partial charge < -0.3 is 5.11 Å². The van der Waals surface area contributed by atoms with Crippen LogP contribution in [0.1, 0.15) is 29.5 Å². The Kier molecular flexibility index (Phi) is 3.04. The molecule has 1 nitrogen and oxygen atoms in total. The lowest BCUT2D eigenvalue weighted by molar-refractivity contribution is 0.273. The first-order valence-electron chi connectivity index (χ1n) is 4.43. The van der Waals surface area contributed by atoms with Gasteiger partial charge in [-0.3, -0.25) is 0 Å². The standard InChI is InChI=1S/C11H15FO/c1-7-4-10(9(3)6-13)5-8(2)11(7)12/h4-5,9,13H,6H2,1-3H3. The number of hydrogen-bond acceptors (Lipinski definition) is 1. The molecule has 1 rings (SSSR count). The molecular weight excluding hydrogens is 167 g/mol. The Bertz CT molecular complexity index is 284. The number of aliphatic hydroxyl groups is 1. The third-order valence-electron chi connectivity index (χ3n) is 2.30. The Morgan fingerprint density at radius 1 is 1.31 bits per heavy atom. The van der Waals surface area contributed by atoms with Crippen LogP contribution in [0.4, 0.5) is 4.39 Å².